The zero-order chi connectivity index (χ0) is 13.1. The molecule has 0 radical (unpaired) electrons. The summed E-state index contributed by atoms with van der Waals surface area (Å²) in [4.78, 5) is 14.4. The zero-order valence-electron chi connectivity index (χ0n) is 11.2. The number of hydrogen-bond acceptors (Lipinski definition) is 3. The van der Waals surface area contributed by atoms with Crippen molar-refractivity contribution in [2.75, 3.05) is 18.8 Å². The van der Waals surface area contributed by atoms with Crippen LogP contribution >= 0.6 is 0 Å². The van der Waals surface area contributed by atoms with Gasteiger partial charge < -0.3 is 10.6 Å². The highest BCUT2D eigenvalue weighted by atomic mass is 16.2. The van der Waals surface area contributed by atoms with E-state index < -0.39 is 0 Å². The van der Waals surface area contributed by atoms with Gasteiger partial charge in [-0.3, -0.25) is 9.48 Å². The van der Waals surface area contributed by atoms with Gasteiger partial charge in [-0.1, -0.05) is 13.3 Å². The lowest BCUT2D eigenvalue weighted by Gasteiger charge is -2.32. The van der Waals surface area contributed by atoms with E-state index in [1.165, 1.54) is 6.42 Å². The van der Waals surface area contributed by atoms with Gasteiger partial charge in [0.2, 0.25) is 0 Å². The molecule has 0 bridgehead atoms. The molecule has 1 aromatic heterocycles. The third kappa shape index (κ3) is 2.35. The van der Waals surface area contributed by atoms with Crippen LogP contribution in [0.3, 0.4) is 0 Å². The van der Waals surface area contributed by atoms with Crippen LogP contribution in [0.2, 0.25) is 0 Å². The van der Waals surface area contributed by atoms with E-state index in [0.717, 1.165) is 25.9 Å². The van der Waals surface area contributed by atoms with Crippen LogP contribution in [-0.4, -0.2) is 33.7 Å². The predicted molar refractivity (Wildman–Crippen MR) is 71.2 cm³/mol. The number of carbonyl (C=O) groups is 1. The molecule has 2 rings (SSSR count). The number of likely N-dealkylation sites (tertiary alicyclic amines) is 1. The molecule has 5 nitrogen and oxygen atoms in total. The van der Waals surface area contributed by atoms with Gasteiger partial charge in [-0.2, -0.15) is 5.10 Å². The topological polar surface area (TPSA) is 64.2 Å². The molecule has 1 atom stereocenters. The van der Waals surface area contributed by atoms with Crippen LogP contribution in [0.5, 0.6) is 0 Å². The summed E-state index contributed by atoms with van der Waals surface area (Å²) in [6.07, 6.45) is 5.01. The van der Waals surface area contributed by atoms with Crippen molar-refractivity contribution >= 4 is 11.6 Å². The van der Waals surface area contributed by atoms with Gasteiger partial charge in [0, 0.05) is 19.6 Å². The molecule has 2 N–H and O–H groups in total. The van der Waals surface area contributed by atoms with Crippen molar-refractivity contribution in [1.82, 2.24) is 14.7 Å². The van der Waals surface area contributed by atoms with Gasteiger partial charge >= 0.3 is 0 Å². The number of amides is 1. The second kappa shape index (κ2) is 5.42. The Morgan fingerprint density at radius 3 is 3.00 bits per heavy atom. The summed E-state index contributed by atoms with van der Waals surface area (Å²) in [6.45, 7) is 6.51. The summed E-state index contributed by atoms with van der Waals surface area (Å²) in [5.41, 5.74) is 6.90. The van der Waals surface area contributed by atoms with Gasteiger partial charge in [0.05, 0.1) is 11.9 Å². The predicted octanol–water partition coefficient (Wildman–Crippen LogP) is 1.75. The number of carbonyl (C=O) groups excluding carboxylic acids is 1. The summed E-state index contributed by atoms with van der Waals surface area (Å²) in [5, 5.41) is 4.13. The number of nitrogens with zero attached hydrogens (tertiary/aromatic N) is 3. The lowest BCUT2D eigenvalue weighted by Crippen LogP contribution is -2.40. The summed E-state index contributed by atoms with van der Waals surface area (Å²) < 4.78 is 1.69. The molecule has 1 unspecified atom stereocenters. The Labute approximate surface area is 108 Å². The first-order valence-electron chi connectivity index (χ1n) is 6.77. The molecular formula is C13H22N4O. The lowest BCUT2D eigenvalue weighted by atomic mass is 9.95. The average molecular weight is 250 g/mol. The normalized spacial score (nSPS) is 20.1. The van der Waals surface area contributed by atoms with Gasteiger partial charge in [-0.05, 0) is 25.7 Å². The Bertz CT molecular complexity index is 427. The number of nitrogens with two attached hydrogens (primary N) is 1. The van der Waals surface area contributed by atoms with Crippen LogP contribution in [0, 0.1) is 5.92 Å². The third-order valence-electron chi connectivity index (χ3n) is 3.75. The summed E-state index contributed by atoms with van der Waals surface area (Å²) in [5.74, 6) is 0.659. The minimum absolute atomic E-state index is 0.0324. The van der Waals surface area contributed by atoms with E-state index in [1.54, 1.807) is 10.9 Å². The van der Waals surface area contributed by atoms with Crippen molar-refractivity contribution in [2.24, 2.45) is 5.92 Å². The molecule has 0 aliphatic carbocycles. The molecule has 1 aliphatic rings. The highest BCUT2D eigenvalue weighted by Gasteiger charge is 2.27. The van der Waals surface area contributed by atoms with Gasteiger partial charge in [0.15, 0.2) is 0 Å². The molecule has 0 spiro atoms. The Balaban J connectivity index is 2.17. The standard InChI is InChI=1S/C13H22N4O/c1-3-10-6-5-7-16(9-10)13(18)12-11(14)8-15-17(12)4-2/h8,10H,3-7,9,14H2,1-2H3. The van der Waals surface area contributed by atoms with Gasteiger partial charge in [0.25, 0.3) is 5.91 Å². The van der Waals surface area contributed by atoms with Crippen molar-refractivity contribution in [3.8, 4) is 0 Å². The number of rotatable bonds is 3. The lowest BCUT2D eigenvalue weighted by molar-refractivity contribution is 0.0660. The second-order valence-corrected chi connectivity index (χ2v) is 4.93. The van der Waals surface area contributed by atoms with E-state index in [-0.39, 0.29) is 5.91 Å². The highest BCUT2D eigenvalue weighted by molar-refractivity contribution is 5.97. The largest absolute Gasteiger partial charge is 0.396 e. The fraction of sp³-hybridized carbons (Fsp3) is 0.692. The SMILES string of the molecule is CCC1CCCN(C(=O)c2c(N)cnn2CC)C1. The van der Waals surface area contributed by atoms with Crippen LogP contribution in [0.25, 0.3) is 0 Å². The van der Waals surface area contributed by atoms with Gasteiger partial charge in [0.1, 0.15) is 5.69 Å². The summed E-state index contributed by atoms with van der Waals surface area (Å²) in [6, 6.07) is 0. The molecular weight excluding hydrogens is 228 g/mol. The average Bonchev–Trinajstić information content (AvgIpc) is 2.79. The number of hydrogen-bond donors (Lipinski definition) is 1. The van der Waals surface area contributed by atoms with Crippen molar-refractivity contribution in [1.29, 1.82) is 0 Å². The molecule has 2 heterocycles. The Hall–Kier alpha value is -1.52. The van der Waals surface area contributed by atoms with Gasteiger partial charge in [-0.25, -0.2) is 0 Å². The maximum atomic E-state index is 12.5. The van der Waals surface area contributed by atoms with Crippen LogP contribution in [0.1, 0.15) is 43.6 Å². The molecule has 100 valence electrons. The molecule has 1 saturated heterocycles. The molecule has 1 fully saturated rings. The fourth-order valence-electron chi connectivity index (χ4n) is 2.61. The van der Waals surface area contributed by atoms with Gasteiger partial charge in [-0.15, -0.1) is 0 Å². The van der Waals surface area contributed by atoms with Crippen LogP contribution in [-0.2, 0) is 6.54 Å². The Morgan fingerprint density at radius 1 is 1.56 bits per heavy atom. The van der Waals surface area contributed by atoms with Crippen molar-refractivity contribution in [2.45, 2.75) is 39.7 Å². The second-order valence-electron chi connectivity index (χ2n) is 4.93. The van der Waals surface area contributed by atoms with Crippen molar-refractivity contribution in [3.05, 3.63) is 11.9 Å². The van der Waals surface area contributed by atoms with Crippen LogP contribution in [0.4, 0.5) is 5.69 Å². The van der Waals surface area contributed by atoms with Crippen molar-refractivity contribution in [3.63, 3.8) is 0 Å². The van der Waals surface area contributed by atoms with E-state index in [0.29, 0.717) is 23.8 Å². The quantitative estimate of drug-likeness (QED) is 0.888. The van der Waals surface area contributed by atoms with E-state index in [1.807, 2.05) is 11.8 Å². The number of aromatic nitrogens is 2. The maximum Gasteiger partial charge on any atom is 0.274 e. The first kappa shape index (κ1) is 12.9. The molecule has 1 amide bonds. The number of piperidine rings is 1. The van der Waals surface area contributed by atoms with Crippen LogP contribution in [0.15, 0.2) is 6.20 Å². The van der Waals surface area contributed by atoms with E-state index >= 15 is 0 Å². The van der Waals surface area contributed by atoms with E-state index in [2.05, 4.69) is 12.0 Å². The zero-order valence-corrected chi connectivity index (χ0v) is 11.2. The first-order chi connectivity index (χ1) is 8.67. The van der Waals surface area contributed by atoms with Crippen LogP contribution < -0.4 is 5.73 Å². The Morgan fingerprint density at radius 2 is 2.33 bits per heavy atom. The number of nitrogen functional groups attached to an aromatic ring is 1. The molecule has 1 aromatic rings. The minimum atomic E-state index is 0.0324. The number of anilines is 1. The third-order valence-corrected chi connectivity index (χ3v) is 3.75. The van der Waals surface area contributed by atoms with E-state index in [9.17, 15) is 4.79 Å². The summed E-state index contributed by atoms with van der Waals surface area (Å²) >= 11 is 0. The highest BCUT2D eigenvalue weighted by Crippen LogP contribution is 2.22. The molecule has 0 aromatic carbocycles. The molecule has 5 heteroatoms. The smallest absolute Gasteiger partial charge is 0.274 e. The first-order valence-corrected chi connectivity index (χ1v) is 6.77. The van der Waals surface area contributed by atoms with Crippen molar-refractivity contribution < 1.29 is 4.79 Å². The molecule has 0 saturated carbocycles. The number of aryl methyl sites for hydroxylation is 1. The van der Waals surface area contributed by atoms with E-state index in [4.69, 9.17) is 5.73 Å². The molecule has 1 aliphatic heterocycles. The maximum absolute atomic E-state index is 12.5. The Kier molecular flexibility index (Phi) is 3.89. The minimum Gasteiger partial charge on any atom is -0.396 e. The summed E-state index contributed by atoms with van der Waals surface area (Å²) in [7, 11) is 0. The fourth-order valence-corrected chi connectivity index (χ4v) is 2.61. The monoisotopic (exact) mass is 250 g/mol. The molecule has 18 heavy (non-hydrogen) atoms.